The lowest BCUT2D eigenvalue weighted by Gasteiger charge is -2.12. The summed E-state index contributed by atoms with van der Waals surface area (Å²) in [6, 6.07) is 2.59. The monoisotopic (exact) mass is 371 g/mol. The summed E-state index contributed by atoms with van der Waals surface area (Å²) in [6.07, 6.45) is 1.54. The highest BCUT2D eigenvalue weighted by molar-refractivity contribution is 8.13. The Hall–Kier alpha value is -0.630. The predicted molar refractivity (Wildman–Crippen MR) is 85.1 cm³/mol. The Morgan fingerprint density at radius 2 is 2.00 bits per heavy atom. The van der Waals surface area contributed by atoms with Gasteiger partial charge in [0, 0.05) is 45.1 Å². The van der Waals surface area contributed by atoms with E-state index in [0.717, 1.165) is 6.07 Å². The molecule has 0 spiro atoms. The lowest BCUT2D eigenvalue weighted by atomic mass is 10.1. The van der Waals surface area contributed by atoms with Crippen LogP contribution in [-0.2, 0) is 19.9 Å². The highest BCUT2D eigenvalue weighted by atomic mass is 35.7. The van der Waals surface area contributed by atoms with Gasteiger partial charge < -0.3 is 5.32 Å². The summed E-state index contributed by atoms with van der Waals surface area (Å²) in [5, 5.41) is 2.37. The summed E-state index contributed by atoms with van der Waals surface area (Å²) >= 11 is 5.89. The summed E-state index contributed by atoms with van der Waals surface area (Å²) in [7, 11) is 0.190. The highest BCUT2D eigenvalue weighted by Crippen LogP contribution is 2.29. The molecule has 0 saturated carbocycles. The third kappa shape index (κ3) is 4.95. The Kier molecular flexibility index (Phi) is 6.22. The third-order valence-corrected chi connectivity index (χ3v) is 6.12. The van der Waals surface area contributed by atoms with E-state index < -0.39 is 25.8 Å². The number of benzene rings is 1. The fourth-order valence-electron chi connectivity index (χ4n) is 1.50. The molecule has 2 atom stereocenters. The fraction of sp³-hybridized carbons (Fsp3) is 0.417. The normalized spacial score (nSPS) is 14.5. The van der Waals surface area contributed by atoms with Crippen molar-refractivity contribution < 1.29 is 17.4 Å². The summed E-state index contributed by atoms with van der Waals surface area (Å²) in [4.78, 5) is 11.7. The molecule has 1 aromatic carbocycles. The van der Waals surface area contributed by atoms with Crippen LogP contribution < -0.4 is 5.32 Å². The number of halogens is 2. The van der Waals surface area contributed by atoms with Crippen molar-refractivity contribution in [3.05, 3.63) is 28.3 Å². The van der Waals surface area contributed by atoms with Crippen LogP contribution in [0, 0.1) is 6.92 Å². The average molecular weight is 372 g/mol. The van der Waals surface area contributed by atoms with Crippen LogP contribution in [0.2, 0.25) is 5.02 Å². The van der Waals surface area contributed by atoms with Gasteiger partial charge in [-0.05, 0) is 31.5 Å². The second-order valence-electron chi connectivity index (χ2n) is 4.56. The van der Waals surface area contributed by atoms with E-state index in [4.69, 9.17) is 22.3 Å². The molecule has 5 nitrogen and oxygen atoms in total. The van der Waals surface area contributed by atoms with E-state index in [9.17, 15) is 17.4 Å². The van der Waals surface area contributed by atoms with Gasteiger partial charge in [0.1, 0.15) is 4.90 Å². The molecule has 1 N–H and O–H groups in total. The van der Waals surface area contributed by atoms with Gasteiger partial charge in [0.2, 0.25) is 0 Å². The highest BCUT2D eigenvalue weighted by Gasteiger charge is 2.20. The minimum Gasteiger partial charge on any atom is -0.351 e. The van der Waals surface area contributed by atoms with E-state index >= 15 is 0 Å². The van der Waals surface area contributed by atoms with Crippen molar-refractivity contribution in [2.24, 2.45) is 0 Å². The summed E-state index contributed by atoms with van der Waals surface area (Å²) < 4.78 is 34.1. The lowest BCUT2D eigenvalue weighted by molar-refractivity contribution is 0.0954. The van der Waals surface area contributed by atoms with Crippen molar-refractivity contribution >= 4 is 48.0 Å². The minimum absolute atomic E-state index is 0.00965. The number of nitrogens with one attached hydrogen (secondary N) is 1. The fourth-order valence-corrected chi connectivity index (χ4v) is 3.36. The number of hydrogen-bond acceptors (Lipinski definition) is 4. The van der Waals surface area contributed by atoms with Crippen LogP contribution in [0.4, 0.5) is 0 Å². The van der Waals surface area contributed by atoms with Gasteiger partial charge in [0.05, 0.1) is 5.02 Å². The molecule has 118 valence electrons. The van der Waals surface area contributed by atoms with Crippen molar-refractivity contribution in [1.29, 1.82) is 0 Å². The second-order valence-corrected chi connectivity index (χ2v) is 9.28. The van der Waals surface area contributed by atoms with Crippen molar-refractivity contribution in [3.8, 4) is 0 Å². The van der Waals surface area contributed by atoms with Crippen molar-refractivity contribution in [2.75, 3.05) is 12.8 Å². The smallest absolute Gasteiger partial charge is 0.262 e. The lowest BCUT2D eigenvalue weighted by Crippen LogP contribution is -2.32. The van der Waals surface area contributed by atoms with Crippen molar-refractivity contribution in [2.45, 2.75) is 24.0 Å². The Bertz CT molecular complexity index is 689. The molecule has 1 amide bonds. The molecular formula is C12H15Cl2NO4S2. The summed E-state index contributed by atoms with van der Waals surface area (Å²) in [5.74, 6) is -0.478. The largest absolute Gasteiger partial charge is 0.351 e. The molecule has 0 aliphatic rings. The first-order valence-electron chi connectivity index (χ1n) is 5.89. The number of carbonyl (C=O) groups is 1. The number of carbonyl (C=O) groups excluding carboxylic acids is 1. The van der Waals surface area contributed by atoms with E-state index in [1.807, 2.05) is 0 Å². The molecule has 0 aromatic heterocycles. The van der Waals surface area contributed by atoms with Crippen LogP contribution in [0.3, 0.4) is 0 Å². The minimum atomic E-state index is -4.05. The zero-order valence-electron chi connectivity index (χ0n) is 11.6. The SMILES string of the molecule is Cc1cc(C(=O)NCC(C)S(C)=O)cc(S(=O)(=O)Cl)c1Cl. The third-order valence-electron chi connectivity index (χ3n) is 2.86. The number of amides is 1. The Morgan fingerprint density at radius 3 is 2.48 bits per heavy atom. The van der Waals surface area contributed by atoms with E-state index in [2.05, 4.69) is 5.32 Å². The van der Waals surface area contributed by atoms with Crippen LogP contribution in [0.15, 0.2) is 17.0 Å². The second kappa shape index (κ2) is 7.09. The van der Waals surface area contributed by atoms with Gasteiger partial charge in [-0.3, -0.25) is 9.00 Å². The van der Waals surface area contributed by atoms with Crippen molar-refractivity contribution in [1.82, 2.24) is 5.32 Å². The van der Waals surface area contributed by atoms with Gasteiger partial charge in [0.25, 0.3) is 15.0 Å². The molecule has 0 saturated heterocycles. The summed E-state index contributed by atoms with van der Waals surface area (Å²) in [5.41, 5.74) is 0.556. The maximum atomic E-state index is 12.0. The van der Waals surface area contributed by atoms with Crippen molar-refractivity contribution in [3.63, 3.8) is 0 Å². The first kappa shape index (κ1) is 18.4. The maximum absolute atomic E-state index is 12.0. The molecule has 0 bridgehead atoms. The molecule has 1 rings (SSSR count). The first-order valence-corrected chi connectivity index (χ1v) is 10.2. The van der Waals surface area contributed by atoms with Crippen LogP contribution in [0.5, 0.6) is 0 Å². The van der Waals surface area contributed by atoms with E-state index in [0.29, 0.717) is 5.56 Å². The molecule has 1 aromatic rings. The zero-order chi connectivity index (χ0) is 16.4. The van der Waals surface area contributed by atoms with Crippen LogP contribution >= 0.6 is 22.3 Å². The van der Waals surface area contributed by atoms with E-state index in [-0.39, 0.29) is 27.3 Å². The standard InChI is InChI=1S/C12H15Cl2NO4S2/c1-7-4-9(5-10(11(7)13)21(14,18)19)12(16)15-6-8(2)20(3)17/h4-5,8H,6H2,1-3H3,(H,15,16). The molecule has 9 heteroatoms. The topological polar surface area (TPSA) is 80.3 Å². The Morgan fingerprint density at radius 1 is 1.43 bits per heavy atom. The number of aryl methyl sites for hydroxylation is 1. The van der Waals surface area contributed by atoms with Gasteiger partial charge >= 0.3 is 0 Å². The number of hydrogen-bond donors (Lipinski definition) is 1. The van der Waals surface area contributed by atoms with E-state index in [1.54, 1.807) is 20.1 Å². The molecular weight excluding hydrogens is 357 g/mol. The molecule has 21 heavy (non-hydrogen) atoms. The van der Waals surface area contributed by atoms with Gasteiger partial charge in [-0.1, -0.05) is 11.6 Å². The quantitative estimate of drug-likeness (QED) is 0.803. The maximum Gasteiger partial charge on any atom is 0.262 e. The Balaban J connectivity index is 3.07. The molecule has 0 aliphatic heterocycles. The van der Waals surface area contributed by atoms with Gasteiger partial charge in [-0.25, -0.2) is 8.42 Å². The molecule has 0 heterocycles. The molecule has 2 unspecified atom stereocenters. The molecule has 0 fully saturated rings. The van der Waals surface area contributed by atoms with Crippen LogP contribution in [0.1, 0.15) is 22.8 Å². The van der Waals surface area contributed by atoms with E-state index in [1.165, 1.54) is 6.07 Å². The van der Waals surface area contributed by atoms with Crippen LogP contribution in [-0.4, -0.2) is 36.6 Å². The van der Waals surface area contributed by atoms with Gasteiger partial charge in [0.15, 0.2) is 0 Å². The predicted octanol–water partition coefficient (Wildman–Crippen LogP) is 2.07. The molecule has 0 radical (unpaired) electrons. The number of rotatable bonds is 5. The zero-order valence-corrected chi connectivity index (χ0v) is 14.8. The van der Waals surface area contributed by atoms with Gasteiger partial charge in [-0.2, -0.15) is 0 Å². The first-order chi connectivity index (χ1) is 9.54. The average Bonchev–Trinajstić information content (AvgIpc) is 2.36. The van der Waals surface area contributed by atoms with Gasteiger partial charge in [-0.15, -0.1) is 0 Å². The van der Waals surface area contributed by atoms with Crippen LogP contribution in [0.25, 0.3) is 0 Å². The molecule has 0 aliphatic carbocycles. The summed E-state index contributed by atoms with van der Waals surface area (Å²) in [6.45, 7) is 3.53. The Labute approximate surface area is 135 Å².